The molecule has 1 nitrogen and oxygen atoms in total. The van der Waals surface area contributed by atoms with Gasteiger partial charge in [0.05, 0.1) is 0 Å². The van der Waals surface area contributed by atoms with Crippen molar-refractivity contribution in [3.8, 4) is 0 Å². The van der Waals surface area contributed by atoms with Crippen LogP contribution in [0.1, 0.15) is 39.5 Å². The molecule has 0 N–H and O–H groups in total. The first-order valence-corrected chi connectivity index (χ1v) is 11.2. The molecule has 0 aliphatic rings. The van der Waals surface area contributed by atoms with Crippen molar-refractivity contribution in [2.75, 3.05) is 6.54 Å². The Kier molecular flexibility index (Phi) is 8.53. The third-order valence-electron chi connectivity index (χ3n) is 2.00. The molecule has 0 aliphatic heterocycles. The van der Waals surface area contributed by atoms with E-state index in [9.17, 15) is 0 Å². The van der Waals surface area contributed by atoms with Gasteiger partial charge in [-0.25, -0.2) is 0 Å². The van der Waals surface area contributed by atoms with Crippen molar-refractivity contribution in [1.29, 1.82) is 0 Å². The van der Waals surface area contributed by atoms with Gasteiger partial charge in [-0.1, -0.05) is 39.9 Å². The highest BCUT2D eigenvalue weighted by Crippen LogP contribution is 2.26. The van der Waals surface area contributed by atoms with Crippen molar-refractivity contribution in [3.63, 3.8) is 0 Å². The van der Waals surface area contributed by atoms with Gasteiger partial charge < -0.3 is 0 Å². The smallest absolute Gasteiger partial charge is 0.108 e. The normalized spacial score (nSPS) is 14.7. The molecule has 0 radical (unpaired) electrons. The third kappa shape index (κ3) is 12.2. The lowest BCUT2D eigenvalue weighted by atomic mass is 10.2. The summed E-state index contributed by atoms with van der Waals surface area (Å²) in [5.74, 6) is 0. The van der Waals surface area contributed by atoms with E-state index in [4.69, 9.17) is 0 Å². The van der Waals surface area contributed by atoms with Crippen LogP contribution in [0.3, 0.4) is 0 Å². The van der Waals surface area contributed by atoms with Gasteiger partial charge in [-0.3, -0.25) is 4.99 Å². The van der Waals surface area contributed by atoms with Gasteiger partial charge in [0.25, 0.3) is 0 Å². The van der Waals surface area contributed by atoms with Crippen LogP contribution in [0, 0.1) is 0 Å². The van der Waals surface area contributed by atoms with Crippen LogP contribution in [0.25, 0.3) is 0 Å². The van der Waals surface area contributed by atoms with Crippen LogP contribution in [0.5, 0.6) is 0 Å². The molecule has 0 aromatic rings. The molecule has 1 atom stereocenters. The standard InChI is InChI=1S/C12H27NSSi/c1-6-7-10-13-11-8-9-12(2)14-15(3,4)5/h10,12H,6-9,11H2,1-5H3. The Morgan fingerprint density at radius 1 is 1.33 bits per heavy atom. The van der Waals surface area contributed by atoms with Gasteiger partial charge >= 0.3 is 0 Å². The van der Waals surface area contributed by atoms with Crippen LogP contribution in [0.2, 0.25) is 19.6 Å². The Morgan fingerprint density at radius 3 is 2.53 bits per heavy atom. The molecule has 0 aromatic carbocycles. The van der Waals surface area contributed by atoms with E-state index in [1.807, 2.05) is 0 Å². The van der Waals surface area contributed by atoms with Crippen molar-refractivity contribution >= 4 is 24.6 Å². The average Bonchev–Trinajstić information content (AvgIpc) is 2.08. The van der Waals surface area contributed by atoms with Crippen LogP contribution in [-0.4, -0.2) is 25.2 Å². The van der Waals surface area contributed by atoms with Gasteiger partial charge in [-0.2, -0.15) is 11.2 Å². The van der Waals surface area contributed by atoms with Crippen molar-refractivity contribution in [1.82, 2.24) is 0 Å². The highest BCUT2D eigenvalue weighted by atomic mass is 32.4. The number of nitrogens with zero attached hydrogens (tertiary/aromatic N) is 1. The fraction of sp³-hybridized carbons (Fsp3) is 0.917. The minimum Gasteiger partial charge on any atom is -0.298 e. The molecule has 0 saturated heterocycles. The molecular formula is C12H27NSSi. The first-order chi connectivity index (χ1) is 6.95. The van der Waals surface area contributed by atoms with E-state index < -0.39 is 7.22 Å². The molecule has 0 spiro atoms. The molecular weight excluding hydrogens is 218 g/mol. The Hall–Kier alpha value is 0.237. The van der Waals surface area contributed by atoms with Gasteiger partial charge in [0.2, 0.25) is 0 Å². The minimum atomic E-state index is -0.923. The molecule has 0 saturated carbocycles. The van der Waals surface area contributed by atoms with Crippen LogP contribution < -0.4 is 0 Å². The molecule has 15 heavy (non-hydrogen) atoms. The summed E-state index contributed by atoms with van der Waals surface area (Å²) in [6, 6.07) is 0. The van der Waals surface area contributed by atoms with Gasteiger partial charge in [0.1, 0.15) is 7.22 Å². The summed E-state index contributed by atoms with van der Waals surface area (Å²) >= 11 is 2.21. The molecule has 0 aliphatic carbocycles. The van der Waals surface area contributed by atoms with E-state index in [0.717, 1.165) is 18.2 Å². The highest BCUT2D eigenvalue weighted by Gasteiger charge is 2.17. The Morgan fingerprint density at radius 2 is 2.00 bits per heavy atom. The number of hydrogen-bond donors (Lipinski definition) is 0. The topological polar surface area (TPSA) is 12.4 Å². The summed E-state index contributed by atoms with van der Waals surface area (Å²) < 4.78 is 0. The molecule has 3 heteroatoms. The van der Waals surface area contributed by atoms with Crippen molar-refractivity contribution in [2.45, 2.75) is 64.4 Å². The fourth-order valence-corrected chi connectivity index (χ4v) is 6.91. The maximum absolute atomic E-state index is 4.41. The first-order valence-electron chi connectivity index (χ1n) is 6.12. The SMILES string of the molecule is CCCC=NCCCC(C)S[Si](C)(C)C. The van der Waals surface area contributed by atoms with E-state index in [1.54, 1.807) is 0 Å². The highest BCUT2D eigenvalue weighted by molar-refractivity contribution is 8.29. The summed E-state index contributed by atoms with van der Waals surface area (Å²) in [6.45, 7) is 12.8. The van der Waals surface area contributed by atoms with Crippen molar-refractivity contribution in [2.24, 2.45) is 4.99 Å². The molecule has 0 rings (SSSR count). The first kappa shape index (κ1) is 15.2. The summed E-state index contributed by atoms with van der Waals surface area (Å²) in [5.41, 5.74) is 0. The van der Waals surface area contributed by atoms with Gasteiger partial charge in [0, 0.05) is 6.54 Å². The van der Waals surface area contributed by atoms with Crippen LogP contribution >= 0.6 is 11.2 Å². The van der Waals surface area contributed by atoms with E-state index in [-0.39, 0.29) is 0 Å². The lowest BCUT2D eigenvalue weighted by molar-refractivity contribution is 0.742. The van der Waals surface area contributed by atoms with Crippen LogP contribution in [0.4, 0.5) is 0 Å². The molecule has 0 aromatic heterocycles. The minimum absolute atomic E-state index is 0.818. The summed E-state index contributed by atoms with van der Waals surface area (Å²) in [4.78, 5) is 4.41. The quantitative estimate of drug-likeness (QED) is 0.346. The Bertz CT molecular complexity index is 175. The second-order valence-electron chi connectivity index (χ2n) is 5.06. The van der Waals surface area contributed by atoms with Crippen LogP contribution in [-0.2, 0) is 0 Å². The van der Waals surface area contributed by atoms with Crippen molar-refractivity contribution < 1.29 is 0 Å². The largest absolute Gasteiger partial charge is 0.298 e. The number of unbranched alkanes of at least 4 members (excludes halogenated alkanes) is 1. The van der Waals surface area contributed by atoms with Gasteiger partial charge in [-0.05, 0) is 30.7 Å². The summed E-state index contributed by atoms with van der Waals surface area (Å²) in [7, 11) is -0.923. The maximum Gasteiger partial charge on any atom is 0.108 e. The zero-order chi connectivity index (χ0) is 11.7. The Labute approximate surface area is 101 Å². The summed E-state index contributed by atoms with van der Waals surface area (Å²) in [5, 5.41) is 0.818. The van der Waals surface area contributed by atoms with Gasteiger partial charge in [-0.15, -0.1) is 0 Å². The lowest BCUT2D eigenvalue weighted by Crippen LogP contribution is -2.18. The zero-order valence-corrected chi connectivity index (χ0v) is 12.9. The van der Waals surface area contributed by atoms with E-state index in [0.29, 0.717) is 0 Å². The van der Waals surface area contributed by atoms with E-state index in [1.165, 1.54) is 19.3 Å². The van der Waals surface area contributed by atoms with Crippen molar-refractivity contribution in [3.05, 3.63) is 0 Å². The summed E-state index contributed by atoms with van der Waals surface area (Å²) in [6.07, 6.45) is 7.00. The second-order valence-corrected chi connectivity index (χ2v) is 14.7. The van der Waals surface area contributed by atoms with Crippen LogP contribution in [0.15, 0.2) is 4.99 Å². The third-order valence-corrected chi connectivity index (χ3v) is 6.67. The molecule has 0 heterocycles. The predicted octanol–water partition coefficient (Wildman–Crippen LogP) is 4.59. The molecule has 1 unspecified atom stereocenters. The number of aliphatic imine (C=N–C) groups is 1. The van der Waals surface area contributed by atoms with E-state index >= 15 is 0 Å². The molecule has 0 bridgehead atoms. The maximum atomic E-state index is 4.41. The second kappa shape index (κ2) is 8.40. The lowest BCUT2D eigenvalue weighted by Gasteiger charge is -2.20. The zero-order valence-electron chi connectivity index (χ0n) is 11.0. The number of rotatable bonds is 8. The van der Waals surface area contributed by atoms with Gasteiger partial charge in [0.15, 0.2) is 0 Å². The molecule has 90 valence electrons. The number of hydrogen-bond acceptors (Lipinski definition) is 2. The molecule has 0 fully saturated rings. The molecule has 0 amide bonds. The monoisotopic (exact) mass is 245 g/mol. The fourth-order valence-electron chi connectivity index (χ4n) is 1.44. The Balaban J connectivity index is 3.43. The predicted molar refractivity (Wildman–Crippen MR) is 77.9 cm³/mol. The average molecular weight is 246 g/mol. The van der Waals surface area contributed by atoms with E-state index in [2.05, 4.69) is 55.9 Å².